The van der Waals surface area contributed by atoms with E-state index in [2.05, 4.69) is 72.4 Å². The van der Waals surface area contributed by atoms with Gasteiger partial charge in [0.2, 0.25) is 0 Å². The van der Waals surface area contributed by atoms with Gasteiger partial charge in [-0.15, -0.1) is 0 Å². The zero-order chi connectivity index (χ0) is 26.2. The molecule has 0 spiro atoms. The Kier molecular flexibility index (Phi) is 6.08. The van der Waals surface area contributed by atoms with E-state index >= 15 is 0 Å². The number of urea groups is 1. The molecule has 1 N–H and O–H groups in total. The van der Waals surface area contributed by atoms with Crippen molar-refractivity contribution < 1.29 is 4.79 Å². The molecule has 0 bridgehead atoms. The summed E-state index contributed by atoms with van der Waals surface area (Å²) < 4.78 is 4.22. The normalized spacial score (nSPS) is 14.5. The van der Waals surface area contributed by atoms with Gasteiger partial charge in [0.15, 0.2) is 0 Å². The van der Waals surface area contributed by atoms with Crippen LogP contribution in [0.15, 0.2) is 97.2 Å². The molecular formula is C32H31N5O. The van der Waals surface area contributed by atoms with Crippen LogP contribution in [0, 0.1) is 13.8 Å². The van der Waals surface area contributed by atoms with E-state index in [9.17, 15) is 4.79 Å². The van der Waals surface area contributed by atoms with Crippen molar-refractivity contribution in [2.45, 2.75) is 39.8 Å². The lowest BCUT2D eigenvalue weighted by Gasteiger charge is -2.31. The molecule has 0 aliphatic carbocycles. The fourth-order valence-electron chi connectivity index (χ4n) is 5.48. The first-order valence-electron chi connectivity index (χ1n) is 13.1. The number of para-hydroxylation sites is 1. The van der Waals surface area contributed by atoms with E-state index in [1.165, 1.54) is 5.56 Å². The number of aryl methyl sites for hydroxylation is 3. The third-order valence-electron chi connectivity index (χ3n) is 7.30. The molecule has 2 aromatic heterocycles. The van der Waals surface area contributed by atoms with Gasteiger partial charge in [0.05, 0.1) is 29.7 Å². The number of nitrogens with one attached hydrogen (secondary N) is 1. The van der Waals surface area contributed by atoms with Crippen LogP contribution in [0.3, 0.4) is 0 Å². The highest BCUT2D eigenvalue weighted by Crippen LogP contribution is 2.39. The molecule has 1 aliphatic heterocycles. The minimum atomic E-state index is -0.279. The molecule has 0 radical (unpaired) electrons. The van der Waals surface area contributed by atoms with Crippen LogP contribution >= 0.6 is 0 Å². The lowest BCUT2D eigenvalue weighted by molar-refractivity contribution is 0.194. The van der Waals surface area contributed by atoms with Crippen molar-refractivity contribution in [1.29, 1.82) is 0 Å². The molecule has 0 saturated heterocycles. The molecule has 2 amide bonds. The maximum absolute atomic E-state index is 14.1. The van der Waals surface area contributed by atoms with Crippen molar-refractivity contribution in [3.63, 3.8) is 0 Å². The largest absolute Gasteiger partial charge is 0.322 e. The molecule has 1 atom stereocenters. The summed E-state index contributed by atoms with van der Waals surface area (Å²) >= 11 is 0. The summed E-state index contributed by atoms with van der Waals surface area (Å²) in [6, 6.07) is 30.3. The van der Waals surface area contributed by atoms with Gasteiger partial charge < -0.3 is 14.8 Å². The van der Waals surface area contributed by atoms with Crippen LogP contribution in [0.25, 0.3) is 11.5 Å². The summed E-state index contributed by atoms with van der Waals surface area (Å²) in [5.41, 5.74) is 8.15. The molecule has 3 heterocycles. The maximum atomic E-state index is 14.1. The van der Waals surface area contributed by atoms with E-state index in [1.54, 1.807) is 0 Å². The van der Waals surface area contributed by atoms with E-state index in [-0.39, 0.29) is 12.1 Å². The minimum Gasteiger partial charge on any atom is -0.308 e. The molecule has 0 fully saturated rings. The van der Waals surface area contributed by atoms with Crippen molar-refractivity contribution in [3.05, 3.63) is 131 Å². The van der Waals surface area contributed by atoms with E-state index < -0.39 is 0 Å². The molecule has 5 aromatic rings. The Bertz CT molecular complexity index is 1600. The number of anilines is 1. The van der Waals surface area contributed by atoms with Crippen molar-refractivity contribution in [2.24, 2.45) is 0 Å². The highest BCUT2D eigenvalue weighted by Gasteiger charge is 2.36. The number of fused-ring (bicyclic) bond motifs is 3. The van der Waals surface area contributed by atoms with Crippen molar-refractivity contribution in [2.75, 3.05) is 5.32 Å². The molecule has 190 valence electrons. The second kappa shape index (κ2) is 9.71. The molecular weight excluding hydrogens is 470 g/mol. The number of rotatable bonds is 4. The Morgan fingerprint density at radius 2 is 1.68 bits per heavy atom. The van der Waals surface area contributed by atoms with Crippen LogP contribution in [0.1, 0.15) is 46.6 Å². The first-order chi connectivity index (χ1) is 18.5. The van der Waals surface area contributed by atoms with Gasteiger partial charge in [0, 0.05) is 17.4 Å². The topological polar surface area (TPSA) is 55.1 Å². The van der Waals surface area contributed by atoms with E-state index in [0.29, 0.717) is 6.54 Å². The summed E-state index contributed by atoms with van der Waals surface area (Å²) in [6.07, 6.45) is 2.84. The van der Waals surface area contributed by atoms with Crippen molar-refractivity contribution in [3.8, 4) is 11.5 Å². The van der Waals surface area contributed by atoms with Crippen LogP contribution in [0.2, 0.25) is 0 Å². The zero-order valence-corrected chi connectivity index (χ0v) is 21.9. The van der Waals surface area contributed by atoms with Crippen molar-refractivity contribution in [1.82, 2.24) is 19.2 Å². The molecule has 1 aliphatic rings. The monoisotopic (exact) mass is 501 g/mol. The number of aromatic nitrogens is 3. The minimum absolute atomic E-state index is 0.138. The summed E-state index contributed by atoms with van der Waals surface area (Å²) in [4.78, 5) is 16.1. The van der Waals surface area contributed by atoms with Crippen molar-refractivity contribution >= 4 is 11.7 Å². The second-order valence-corrected chi connectivity index (χ2v) is 9.84. The Labute approximate surface area is 223 Å². The van der Waals surface area contributed by atoms with Gasteiger partial charge in [-0.05, 0) is 61.7 Å². The first kappa shape index (κ1) is 23.8. The van der Waals surface area contributed by atoms with Crippen LogP contribution in [0.4, 0.5) is 10.5 Å². The molecule has 6 rings (SSSR count). The van der Waals surface area contributed by atoms with Gasteiger partial charge in [-0.25, -0.2) is 9.48 Å². The summed E-state index contributed by atoms with van der Waals surface area (Å²) in [5, 5.41) is 8.25. The number of nitrogens with zero attached hydrogens (tertiary/aromatic N) is 4. The first-order valence-corrected chi connectivity index (χ1v) is 13.1. The molecule has 3 aromatic carbocycles. The third kappa shape index (κ3) is 4.08. The standard InChI is InChI=1S/C32H31N5O/c1-4-27-26-21-36(32(38)33-28-18-17-22(2)20-23(28)3)30(24-12-7-5-8-13-24)29-16-11-19-35(29)31(26)37(34-27)25-14-9-6-10-15-25/h5-20,30H,4,21H2,1-3H3,(H,33,38). The number of carbonyl (C=O) groups is 1. The SMILES string of the molecule is CCc1nn(-c2ccccc2)c2c1CN(C(=O)Nc1ccc(C)cc1C)C(c1ccccc1)c1cccn1-2. The van der Waals surface area contributed by atoms with Gasteiger partial charge in [0.1, 0.15) is 5.82 Å². The Balaban J connectivity index is 1.54. The van der Waals surface area contributed by atoms with Gasteiger partial charge in [-0.2, -0.15) is 5.10 Å². The lowest BCUT2D eigenvalue weighted by atomic mass is 10.0. The van der Waals surface area contributed by atoms with Crippen LogP contribution < -0.4 is 5.32 Å². The average Bonchev–Trinajstić information content (AvgIpc) is 3.52. The molecule has 6 nitrogen and oxygen atoms in total. The van der Waals surface area contributed by atoms with E-state index in [1.807, 2.05) is 65.0 Å². The van der Waals surface area contributed by atoms with Crippen LogP contribution in [-0.2, 0) is 13.0 Å². The quantitative estimate of drug-likeness (QED) is 0.289. The van der Waals surface area contributed by atoms with Crippen LogP contribution in [0.5, 0.6) is 0 Å². The van der Waals surface area contributed by atoms with Gasteiger partial charge >= 0.3 is 6.03 Å². The number of hydrogen-bond acceptors (Lipinski definition) is 2. The molecule has 1 unspecified atom stereocenters. The van der Waals surface area contributed by atoms with E-state index in [4.69, 9.17) is 5.10 Å². The lowest BCUT2D eigenvalue weighted by Crippen LogP contribution is -2.38. The number of carbonyl (C=O) groups excluding carboxylic acids is 1. The van der Waals surface area contributed by atoms with Crippen LogP contribution in [-0.4, -0.2) is 25.3 Å². The maximum Gasteiger partial charge on any atom is 0.322 e. The summed E-state index contributed by atoms with van der Waals surface area (Å²) in [5.74, 6) is 0.982. The highest BCUT2D eigenvalue weighted by molar-refractivity contribution is 5.91. The molecule has 0 saturated carbocycles. The average molecular weight is 502 g/mol. The smallest absolute Gasteiger partial charge is 0.308 e. The predicted molar refractivity (Wildman–Crippen MR) is 151 cm³/mol. The highest BCUT2D eigenvalue weighted by atomic mass is 16.2. The predicted octanol–water partition coefficient (Wildman–Crippen LogP) is 6.98. The number of hydrogen-bond donors (Lipinski definition) is 1. The Morgan fingerprint density at radius 3 is 2.39 bits per heavy atom. The number of benzene rings is 3. The molecule has 6 heteroatoms. The third-order valence-corrected chi connectivity index (χ3v) is 7.30. The fourth-order valence-corrected chi connectivity index (χ4v) is 5.48. The second-order valence-electron chi connectivity index (χ2n) is 9.84. The summed E-state index contributed by atoms with van der Waals surface area (Å²) in [7, 11) is 0. The fraction of sp³-hybridized carbons (Fsp3) is 0.188. The summed E-state index contributed by atoms with van der Waals surface area (Å²) in [6.45, 7) is 6.64. The molecule has 38 heavy (non-hydrogen) atoms. The Morgan fingerprint density at radius 1 is 0.947 bits per heavy atom. The van der Waals surface area contributed by atoms with E-state index in [0.717, 1.165) is 51.7 Å². The van der Waals surface area contributed by atoms with Gasteiger partial charge in [-0.1, -0.05) is 73.2 Å². The van der Waals surface area contributed by atoms with Gasteiger partial charge in [-0.3, -0.25) is 0 Å². The zero-order valence-electron chi connectivity index (χ0n) is 21.9. The number of amides is 2. The Hall–Kier alpha value is -4.58. The van der Waals surface area contributed by atoms with Gasteiger partial charge in [0.25, 0.3) is 0 Å².